The van der Waals surface area contributed by atoms with Gasteiger partial charge >= 0.3 is 0 Å². The number of carbonyl (C=O) groups excluding carboxylic acids is 1. The average Bonchev–Trinajstić information content (AvgIpc) is 2.48. The van der Waals surface area contributed by atoms with Crippen LogP contribution in [0.3, 0.4) is 0 Å². The lowest BCUT2D eigenvalue weighted by Gasteiger charge is -2.24. The van der Waals surface area contributed by atoms with Crippen LogP contribution in [0.25, 0.3) is 0 Å². The number of halogens is 1. The third kappa shape index (κ3) is 4.02. The predicted octanol–water partition coefficient (Wildman–Crippen LogP) is 1.01. The van der Waals surface area contributed by atoms with Crippen LogP contribution in [0.1, 0.15) is 12.5 Å². The monoisotopic (exact) mass is 304 g/mol. The normalized spacial score (nSPS) is 13.4. The van der Waals surface area contributed by atoms with Crippen molar-refractivity contribution in [2.75, 3.05) is 6.54 Å². The number of aliphatic hydroxyl groups is 1. The fourth-order valence-electron chi connectivity index (χ4n) is 1.98. The molecule has 0 saturated heterocycles. The Hall–Kier alpha value is -2.47. The van der Waals surface area contributed by atoms with E-state index in [9.17, 15) is 19.1 Å². The summed E-state index contributed by atoms with van der Waals surface area (Å²) in [6, 6.07) is 10.0. The summed E-state index contributed by atoms with van der Waals surface area (Å²) in [4.78, 5) is 23.4. The van der Waals surface area contributed by atoms with Gasteiger partial charge < -0.3 is 15.0 Å². The Morgan fingerprint density at radius 2 is 1.95 bits per heavy atom. The van der Waals surface area contributed by atoms with Crippen molar-refractivity contribution in [1.82, 2.24) is 9.88 Å². The molecule has 0 aliphatic rings. The van der Waals surface area contributed by atoms with Crippen LogP contribution in [0.4, 0.5) is 4.39 Å². The van der Waals surface area contributed by atoms with E-state index < -0.39 is 17.3 Å². The van der Waals surface area contributed by atoms with Gasteiger partial charge in [-0.3, -0.25) is 9.59 Å². The molecule has 22 heavy (non-hydrogen) atoms. The van der Waals surface area contributed by atoms with Crippen molar-refractivity contribution in [2.24, 2.45) is 0 Å². The molecule has 0 aliphatic heterocycles. The number of hydrogen-bond acceptors (Lipinski definition) is 3. The fourth-order valence-corrected chi connectivity index (χ4v) is 1.98. The number of carbonyl (C=O) groups is 1. The summed E-state index contributed by atoms with van der Waals surface area (Å²) < 4.78 is 14.2. The Morgan fingerprint density at radius 3 is 2.59 bits per heavy atom. The molecule has 1 aromatic carbocycles. The third-order valence-corrected chi connectivity index (χ3v) is 3.31. The van der Waals surface area contributed by atoms with E-state index in [-0.39, 0.29) is 18.6 Å². The van der Waals surface area contributed by atoms with E-state index in [1.165, 1.54) is 48.0 Å². The van der Waals surface area contributed by atoms with Gasteiger partial charge in [0, 0.05) is 12.3 Å². The first-order valence-electron chi connectivity index (χ1n) is 6.79. The molecule has 116 valence electrons. The molecule has 0 spiro atoms. The summed E-state index contributed by atoms with van der Waals surface area (Å²) in [6.07, 6.45) is 1.51. The standard InChI is InChI=1S/C16H17FN2O3/c1-16(22,12-5-7-13(17)8-6-12)11-18-14(20)10-19-9-3-2-4-15(19)21/h2-9,22H,10-11H2,1H3,(H,18,20). The van der Waals surface area contributed by atoms with Gasteiger partial charge in [0.2, 0.25) is 5.91 Å². The molecule has 0 fully saturated rings. The number of amides is 1. The van der Waals surface area contributed by atoms with Crippen molar-refractivity contribution in [3.63, 3.8) is 0 Å². The van der Waals surface area contributed by atoms with Gasteiger partial charge in [-0.05, 0) is 30.7 Å². The lowest BCUT2D eigenvalue weighted by atomic mass is 9.96. The summed E-state index contributed by atoms with van der Waals surface area (Å²) >= 11 is 0. The van der Waals surface area contributed by atoms with Gasteiger partial charge in [-0.15, -0.1) is 0 Å². The number of rotatable bonds is 5. The summed E-state index contributed by atoms with van der Waals surface area (Å²) in [5.74, 6) is -0.789. The maximum absolute atomic E-state index is 12.9. The van der Waals surface area contributed by atoms with E-state index >= 15 is 0 Å². The number of nitrogens with one attached hydrogen (secondary N) is 1. The summed E-state index contributed by atoms with van der Waals surface area (Å²) in [6.45, 7) is 1.35. The van der Waals surface area contributed by atoms with E-state index in [1.54, 1.807) is 12.1 Å². The first-order valence-corrected chi connectivity index (χ1v) is 6.79. The van der Waals surface area contributed by atoms with Crippen molar-refractivity contribution in [3.8, 4) is 0 Å². The van der Waals surface area contributed by atoms with Gasteiger partial charge in [0.15, 0.2) is 0 Å². The van der Waals surface area contributed by atoms with Gasteiger partial charge in [-0.25, -0.2) is 4.39 Å². The van der Waals surface area contributed by atoms with E-state index in [0.717, 1.165) is 0 Å². The van der Waals surface area contributed by atoms with E-state index in [1.807, 2.05) is 0 Å². The maximum Gasteiger partial charge on any atom is 0.250 e. The second-order valence-corrected chi connectivity index (χ2v) is 5.22. The second-order valence-electron chi connectivity index (χ2n) is 5.22. The summed E-state index contributed by atoms with van der Waals surface area (Å²) in [5.41, 5.74) is -1.11. The average molecular weight is 304 g/mol. The Labute approximate surface area is 127 Å². The van der Waals surface area contributed by atoms with Gasteiger partial charge in [0.05, 0.1) is 6.54 Å². The van der Waals surface area contributed by atoms with Gasteiger partial charge in [0.25, 0.3) is 5.56 Å². The smallest absolute Gasteiger partial charge is 0.250 e. The Bertz CT molecular complexity index is 708. The highest BCUT2D eigenvalue weighted by Gasteiger charge is 2.23. The highest BCUT2D eigenvalue weighted by atomic mass is 19.1. The van der Waals surface area contributed by atoms with Crippen LogP contribution < -0.4 is 10.9 Å². The van der Waals surface area contributed by atoms with E-state index in [2.05, 4.69) is 5.32 Å². The van der Waals surface area contributed by atoms with E-state index in [4.69, 9.17) is 0 Å². The number of pyridine rings is 1. The highest BCUT2D eigenvalue weighted by molar-refractivity contribution is 5.75. The molecular formula is C16H17FN2O3. The Morgan fingerprint density at radius 1 is 1.27 bits per heavy atom. The van der Waals surface area contributed by atoms with Crippen LogP contribution >= 0.6 is 0 Å². The number of hydrogen-bond donors (Lipinski definition) is 2. The zero-order chi connectivity index (χ0) is 16.2. The maximum atomic E-state index is 12.9. The first-order chi connectivity index (χ1) is 10.4. The Balaban J connectivity index is 1.97. The summed E-state index contributed by atoms with van der Waals surface area (Å²) in [7, 11) is 0. The SMILES string of the molecule is CC(O)(CNC(=O)Cn1ccccc1=O)c1ccc(F)cc1. The van der Waals surface area contributed by atoms with Crippen LogP contribution in [0.15, 0.2) is 53.5 Å². The van der Waals surface area contributed by atoms with Gasteiger partial charge in [-0.1, -0.05) is 18.2 Å². The molecule has 2 N–H and O–H groups in total. The molecule has 1 amide bonds. The lowest BCUT2D eigenvalue weighted by molar-refractivity contribution is -0.122. The minimum absolute atomic E-state index is 0.0426. The summed E-state index contributed by atoms with van der Waals surface area (Å²) in [5, 5.41) is 12.9. The highest BCUT2D eigenvalue weighted by Crippen LogP contribution is 2.19. The molecule has 1 unspecified atom stereocenters. The molecular weight excluding hydrogens is 287 g/mol. The Kier molecular flexibility index (Phi) is 4.72. The molecule has 1 heterocycles. The van der Waals surface area contributed by atoms with Crippen LogP contribution in [0, 0.1) is 5.82 Å². The molecule has 1 aromatic heterocycles. The zero-order valence-corrected chi connectivity index (χ0v) is 12.1. The quantitative estimate of drug-likeness (QED) is 0.866. The van der Waals surface area contributed by atoms with E-state index in [0.29, 0.717) is 5.56 Å². The van der Waals surface area contributed by atoms with Gasteiger partial charge in [0.1, 0.15) is 18.0 Å². The molecule has 1 atom stereocenters. The van der Waals surface area contributed by atoms with Crippen molar-refractivity contribution in [2.45, 2.75) is 19.1 Å². The predicted molar refractivity (Wildman–Crippen MR) is 79.7 cm³/mol. The first kappa shape index (κ1) is 15.9. The van der Waals surface area contributed by atoms with Crippen molar-refractivity contribution >= 4 is 5.91 Å². The third-order valence-electron chi connectivity index (χ3n) is 3.31. The van der Waals surface area contributed by atoms with Crippen LogP contribution in [0.5, 0.6) is 0 Å². The minimum Gasteiger partial charge on any atom is -0.384 e. The lowest BCUT2D eigenvalue weighted by Crippen LogP contribution is -2.40. The van der Waals surface area contributed by atoms with Crippen LogP contribution in [0.2, 0.25) is 0 Å². The van der Waals surface area contributed by atoms with Gasteiger partial charge in [-0.2, -0.15) is 0 Å². The zero-order valence-electron chi connectivity index (χ0n) is 12.1. The topological polar surface area (TPSA) is 71.3 Å². The molecule has 5 nitrogen and oxygen atoms in total. The molecule has 0 bridgehead atoms. The minimum atomic E-state index is -1.33. The van der Waals surface area contributed by atoms with Crippen LogP contribution in [-0.4, -0.2) is 22.1 Å². The molecule has 6 heteroatoms. The molecule has 0 radical (unpaired) electrons. The molecule has 2 aromatic rings. The van der Waals surface area contributed by atoms with Crippen molar-refractivity contribution in [1.29, 1.82) is 0 Å². The van der Waals surface area contributed by atoms with Crippen LogP contribution in [-0.2, 0) is 16.9 Å². The number of aromatic nitrogens is 1. The van der Waals surface area contributed by atoms with Crippen molar-refractivity contribution < 1.29 is 14.3 Å². The largest absolute Gasteiger partial charge is 0.384 e. The number of benzene rings is 1. The number of nitrogens with zero attached hydrogens (tertiary/aromatic N) is 1. The molecule has 0 aliphatic carbocycles. The molecule has 2 rings (SSSR count). The van der Waals surface area contributed by atoms with Crippen molar-refractivity contribution in [3.05, 3.63) is 70.4 Å². The fraction of sp³-hybridized carbons (Fsp3) is 0.250. The second kappa shape index (κ2) is 6.53. The molecule has 0 saturated carbocycles.